The molecule has 2 heterocycles. The van der Waals surface area contributed by atoms with Gasteiger partial charge in [0.25, 0.3) is 0 Å². The minimum atomic E-state index is -0.661. The Morgan fingerprint density at radius 3 is 2.70 bits per heavy atom. The summed E-state index contributed by atoms with van der Waals surface area (Å²) in [5.41, 5.74) is 2.09. The van der Waals surface area contributed by atoms with Crippen LogP contribution in [0.3, 0.4) is 0 Å². The van der Waals surface area contributed by atoms with Crippen LogP contribution in [-0.4, -0.2) is 37.7 Å². The molecule has 0 bridgehead atoms. The van der Waals surface area contributed by atoms with Gasteiger partial charge < -0.3 is 14.4 Å². The maximum Gasteiger partial charge on any atom is 0.344 e. The molecule has 0 amide bonds. The van der Waals surface area contributed by atoms with Crippen molar-refractivity contribution in [3.8, 4) is 22.6 Å². The lowest BCUT2D eigenvalue weighted by atomic mass is 9.77. The fourth-order valence-corrected chi connectivity index (χ4v) is 4.26. The van der Waals surface area contributed by atoms with Gasteiger partial charge in [-0.05, 0) is 45.6 Å². The molecule has 1 N–H and O–H groups in total. The highest BCUT2D eigenvalue weighted by atomic mass is 35.5. The average Bonchev–Trinajstić information content (AvgIpc) is 3.25. The second-order valence-electron chi connectivity index (χ2n) is 8.47. The van der Waals surface area contributed by atoms with E-state index in [1.807, 2.05) is 30.7 Å². The highest BCUT2D eigenvalue weighted by molar-refractivity contribution is 6.33. The smallest absolute Gasteiger partial charge is 0.344 e. The molecule has 156 valence electrons. The van der Waals surface area contributed by atoms with E-state index in [0.717, 1.165) is 18.5 Å². The van der Waals surface area contributed by atoms with E-state index in [2.05, 4.69) is 10.3 Å². The lowest BCUT2D eigenvalue weighted by Crippen LogP contribution is -2.42. The predicted molar refractivity (Wildman–Crippen MR) is 110 cm³/mol. The highest BCUT2D eigenvalue weighted by Gasteiger charge is 2.41. The molecule has 2 saturated carbocycles. The first-order chi connectivity index (χ1) is 14.3. The molecule has 0 radical (unpaired) electrons. The van der Waals surface area contributed by atoms with Gasteiger partial charge in [0, 0.05) is 11.3 Å². The zero-order valence-corrected chi connectivity index (χ0v) is 17.5. The van der Waals surface area contributed by atoms with Crippen LogP contribution in [0.5, 0.6) is 0 Å². The molecular formula is C22H22ClN3O4. The van der Waals surface area contributed by atoms with Crippen LogP contribution in [0.1, 0.15) is 54.7 Å². The second kappa shape index (κ2) is 6.96. The van der Waals surface area contributed by atoms with Crippen molar-refractivity contribution in [1.82, 2.24) is 14.9 Å². The van der Waals surface area contributed by atoms with E-state index < -0.39 is 11.6 Å². The molecule has 0 atom stereocenters. The molecular weight excluding hydrogens is 406 g/mol. The Balaban J connectivity index is 1.58. The number of hydrogen-bond donors (Lipinski definition) is 1. The number of rotatable bonds is 5. The standard InChI is InChI=1S/C22H22ClN3O4/c1-12-16(11-24-26(12)13-9-22(2,28)10-13)20-18(21(27)29-14-7-8-14)19(25-30-20)15-5-3-4-6-17(15)23/h3-6,11,13-14,28H,7-10H2,1-2H3. The van der Waals surface area contributed by atoms with Crippen LogP contribution in [0.15, 0.2) is 35.0 Å². The Bertz CT molecular complexity index is 1120. The van der Waals surface area contributed by atoms with Crippen LogP contribution in [0.4, 0.5) is 0 Å². The first-order valence-electron chi connectivity index (χ1n) is 10.1. The normalized spacial score (nSPS) is 23.3. The van der Waals surface area contributed by atoms with Crippen molar-refractivity contribution in [2.24, 2.45) is 0 Å². The van der Waals surface area contributed by atoms with Gasteiger partial charge in [0.05, 0.1) is 28.4 Å². The summed E-state index contributed by atoms with van der Waals surface area (Å²) in [7, 11) is 0. The number of aliphatic hydroxyl groups is 1. The lowest BCUT2D eigenvalue weighted by Gasteiger charge is -2.41. The largest absolute Gasteiger partial charge is 0.459 e. The summed E-state index contributed by atoms with van der Waals surface area (Å²) in [6.45, 7) is 3.74. The van der Waals surface area contributed by atoms with Gasteiger partial charge in [0.15, 0.2) is 5.76 Å². The van der Waals surface area contributed by atoms with Crippen LogP contribution in [-0.2, 0) is 4.74 Å². The fourth-order valence-electron chi connectivity index (χ4n) is 4.04. The number of benzene rings is 1. The molecule has 2 aliphatic rings. The van der Waals surface area contributed by atoms with E-state index in [4.69, 9.17) is 20.9 Å². The summed E-state index contributed by atoms with van der Waals surface area (Å²) in [6.07, 6.45) is 4.62. The first kappa shape index (κ1) is 19.3. The molecule has 0 aliphatic heterocycles. The third-order valence-electron chi connectivity index (χ3n) is 5.81. The maximum absolute atomic E-state index is 13.0. The number of esters is 1. The summed E-state index contributed by atoms with van der Waals surface area (Å²) in [6, 6.07) is 7.30. The van der Waals surface area contributed by atoms with Crippen LogP contribution in [0.25, 0.3) is 22.6 Å². The van der Waals surface area contributed by atoms with Crippen LogP contribution < -0.4 is 0 Å². The van der Waals surface area contributed by atoms with Crippen LogP contribution in [0, 0.1) is 6.92 Å². The molecule has 2 aromatic heterocycles. The Labute approximate surface area is 178 Å². The number of carbonyl (C=O) groups excluding carboxylic acids is 1. The van der Waals surface area contributed by atoms with E-state index in [1.54, 1.807) is 18.3 Å². The molecule has 0 saturated heterocycles. The van der Waals surface area contributed by atoms with Gasteiger partial charge in [-0.1, -0.05) is 35.0 Å². The molecule has 8 heteroatoms. The van der Waals surface area contributed by atoms with Crippen LogP contribution >= 0.6 is 11.6 Å². The maximum atomic E-state index is 13.0. The Morgan fingerprint density at radius 2 is 2.03 bits per heavy atom. The quantitative estimate of drug-likeness (QED) is 0.599. The third-order valence-corrected chi connectivity index (χ3v) is 6.14. The number of nitrogens with zero attached hydrogens (tertiary/aromatic N) is 3. The summed E-state index contributed by atoms with van der Waals surface area (Å²) < 4.78 is 13.1. The molecule has 1 aromatic carbocycles. The summed E-state index contributed by atoms with van der Waals surface area (Å²) in [5.74, 6) is -0.146. The molecule has 3 aromatic rings. The lowest BCUT2D eigenvalue weighted by molar-refractivity contribution is -0.0548. The van der Waals surface area contributed by atoms with Gasteiger partial charge in [-0.2, -0.15) is 5.10 Å². The fraction of sp³-hybridized carbons (Fsp3) is 0.409. The molecule has 30 heavy (non-hydrogen) atoms. The molecule has 7 nitrogen and oxygen atoms in total. The summed E-state index contributed by atoms with van der Waals surface area (Å²) >= 11 is 6.36. The summed E-state index contributed by atoms with van der Waals surface area (Å²) in [4.78, 5) is 13.0. The van der Waals surface area contributed by atoms with Gasteiger partial charge in [0.2, 0.25) is 0 Å². The Kier molecular flexibility index (Phi) is 4.48. The van der Waals surface area contributed by atoms with Gasteiger partial charge in [-0.15, -0.1) is 0 Å². The molecule has 2 aliphatic carbocycles. The monoisotopic (exact) mass is 427 g/mol. The van der Waals surface area contributed by atoms with Crippen molar-refractivity contribution in [2.45, 2.75) is 57.3 Å². The first-order valence-corrected chi connectivity index (χ1v) is 10.4. The number of aromatic nitrogens is 3. The molecule has 0 spiro atoms. The zero-order valence-electron chi connectivity index (χ0n) is 16.8. The molecule has 5 rings (SSSR count). The summed E-state index contributed by atoms with van der Waals surface area (Å²) in [5, 5.41) is 19.2. The predicted octanol–water partition coefficient (Wildman–Crippen LogP) is 4.57. The minimum Gasteiger partial charge on any atom is -0.459 e. The second-order valence-corrected chi connectivity index (χ2v) is 8.87. The van der Waals surface area contributed by atoms with Crippen molar-refractivity contribution in [3.63, 3.8) is 0 Å². The third kappa shape index (κ3) is 3.32. The highest BCUT2D eigenvalue weighted by Crippen LogP contribution is 2.43. The van der Waals surface area contributed by atoms with Gasteiger partial charge in [-0.25, -0.2) is 4.79 Å². The topological polar surface area (TPSA) is 90.4 Å². The number of carbonyl (C=O) groups is 1. The van der Waals surface area contributed by atoms with E-state index in [1.165, 1.54) is 0 Å². The van der Waals surface area contributed by atoms with E-state index in [0.29, 0.717) is 40.4 Å². The van der Waals surface area contributed by atoms with Crippen molar-refractivity contribution >= 4 is 17.6 Å². The van der Waals surface area contributed by atoms with Gasteiger partial charge in [-0.3, -0.25) is 4.68 Å². The van der Waals surface area contributed by atoms with Crippen molar-refractivity contribution in [3.05, 3.63) is 46.7 Å². The Hall–Kier alpha value is -2.64. The number of hydrogen-bond acceptors (Lipinski definition) is 6. The van der Waals surface area contributed by atoms with Gasteiger partial charge in [0.1, 0.15) is 17.4 Å². The van der Waals surface area contributed by atoms with E-state index in [-0.39, 0.29) is 17.7 Å². The van der Waals surface area contributed by atoms with Crippen molar-refractivity contribution in [1.29, 1.82) is 0 Å². The SMILES string of the molecule is Cc1c(-c2onc(-c3ccccc3Cl)c2C(=O)OC2CC2)cnn1C1CC(C)(O)C1. The van der Waals surface area contributed by atoms with Crippen LogP contribution in [0.2, 0.25) is 5.02 Å². The van der Waals surface area contributed by atoms with E-state index >= 15 is 0 Å². The zero-order chi connectivity index (χ0) is 21.0. The molecule has 2 fully saturated rings. The van der Waals surface area contributed by atoms with E-state index in [9.17, 15) is 9.90 Å². The van der Waals surface area contributed by atoms with Crippen molar-refractivity contribution < 1.29 is 19.2 Å². The minimum absolute atomic E-state index is 0.0552. The number of ether oxygens (including phenoxy) is 1. The molecule has 0 unspecified atom stereocenters. The number of halogens is 1. The van der Waals surface area contributed by atoms with Gasteiger partial charge >= 0.3 is 5.97 Å². The average molecular weight is 428 g/mol. The van der Waals surface area contributed by atoms with Crippen molar-refractivity contribution in [2.75, 3.05) is 0 Å². The Morgan fingerprint density at radius 1 is 1.30 bits per heavy atom.